The molecule has 26 heavy (non-hydrogen) atoms. The number of likely N-dealkylation sites (tertiary alicyclic amines) is 1. The van der Waals surface area contributed by atoms with Crippen molar-refractivity contribution in [2.24, 2.45) is 11.8 Å². The molecule has 1 aromatic rings. The van der Waals surface area contributed by atoms with Gasteiger partial charge in [0.1, 0.15) is 0 Å². The summed E-state index contributed by atoms with van der Waals surface area (Å²) in [6.45, 7) is 5.43. The van der Waals surface area contributed by atoms with Crippen LogP contribution in [0.1, 0.15) is 37.0 Å². The molecule has 0 aliphatic carbocycles. The summed E-state index contributed by atoms with van der Waals surface area (Å²) in [7, 11) is 1.55. The van der Waals surface area contributed by atoms with Crippen molar-refractivity contribution < 1.29 is 19.5 Å². The Bertz CT molecular complexity index is 651. The zero-order chi connectivity index (χ0) is 19.3. The highest BCUT2D eigenvalue weighted by Gasteiger charge is 2.21. The molecule has 1 atom stereocenters. The smallest absolute Gasteiger partial charge is 0.321 e. The minimum absolute atomic E-state index is 0.0159. The van der Waals surface area contributed by atoms with Crippen LogP contribution in [-0.2, 0) is 4.79 Å². The average molecular weight is 361 g/mol. The second-order valence-corrected chi connectivity index (χ2v) is 7.10. The van der Waals surface area contributed by atoms with Crippen LogP contribution in [0, 0.1) is 11.8 Å². The molecule has 1 aliphatic heterocycles. The first-order valence-corrected chi connectivity index (χ1v) is 8.92. The summed E-state index contributed by atoms with van der Waals surface area (Å²) in [5.74, 6) is -0.905. The molecule has 1 unspecified atom stereocenters. The predicted octanol–water partition coefficient (Wildman–Crippen LogP) is 2.74. The van der Waals surface area contributed by atoms with E-state index in [1.807, 2.05) is 4.90 Å². The topological polar surface area (TPSA) is 90.0 Å². The molecule has 0 aromatic heterocycles. The van der Waals surface area contributed by atoms with Gasteiger partial charge >= 0.3 is 12.0 Å². The first-order valence-electron chi connectivity index (χ1n) is 8.92. The van der Waals surface area contributed by atoms with Crippen LogP contribution >= 0.6 is 0 Å². The average Bonchev–Trinajstić information content (AvgIpc) is 2.62. The Morgan fingerprint density at radius 2 is 1.81 bits per heavy atom. The molecule has 1 saturated heterocycles. The van der Waals surface area contributed by atoms with Gasteiger partial charge in [0, 0.05) is 37.9 Å². The summed E-state index contributed by atoms with van der Waals surface area (Å²) < 4.78 is 0. The maximum atomic E-state index is 12.5. The minimum atomic E-state index is -0.945. The van der Waals surface area contributed by atoms with Crippen molar-refractivity contribution in [1.29, 1.82) is 0 Å². The van der Waals surface area contributed by atoms with Crippen molar-refractivity contribution in [3.63, 3.8) is 0 Å². The number of carbonyl (C=O) groups is 3. The zero-order valence-electron chi connectivity index (χ0n) is 15.6. The monoisotopic (exact) mass is 361 g/mol. The first-order chi connectivity index (χ1) is 12.3. The molecule has 1 heterocycles. The van der Waals surface area contributed by atoms with Gasteiger partial charge in [-0.2, -0.15) is 0 Å². The van der Waals surface area contributed by atoms with Crippen molar-refractivity contribution in [1.82, 2.24) is 9.80 Å². The number of anilines is 1. The van der Waals surface area contributed by atoms with E-state index in [4.69, 9.17) is 5.11 Å². The molecule has 0 bridgehead atoms. The second kappa shape index (κ2) is 8.69. The molecular weight excluding hydrogens is 334 g/mol. The van der Waals surface area contributed by atoms with Gasteiger partial charge < -0.3 is 20.2 Å². The van der Waals surface area contributed by atoms with E-state index in [2.05, 4.69) is 12.2 Å². The Balaban J connectivity index is 1.91. The van der Waals surface area contributed by atoms with Gasteiger partial charge in [-0.1, -0.05) is 13.8 Å². The summed E-state index contributed by atoms with van der Waals surface area (Å²) in [6, 6.07) is 6.39. The van der Waals surface area contributed by atoms with Gasteiger partial charge in [-0.3, -0.25) is 9.59 Å². The number of amides is 3. The number of benzene rings is 1. The lowest BCUT2D eigenvalue weighted by Crippen LogP contribution is -2.38. The lowest BCUT2D eigenvalue weighted by Gasteiger charge is -2.30. The second-order valence-electron chi connectivity index (χ2n) is 7.10. The van der Waals surface area contributed by atoms with Crippen LogP contribution in [0.2, 0.25) is 0 Å². The van der Waals surface area contributed by atoms with E-state index < -0.39 is 11.9 Å². The van der Waals surface area contributed by atoms with Crippen LogP contribution in [0.3, 0.4) is 0 Å². The van der Waals surface area contributed by atoms with Gasteiger partial charge in [-0.15, -0.1) is 0 Å². The Kier molecular flexibility index (Phi) is 6.60. The van der Waals surface area contributed by atoms with E-state index in [0.717, 1.165) is 25.9 Å². The molecule has 142 valence electrons. The standard InChI is InChI=1S/C19H27N3O4/c1-13-8-10-22(11-9-13)17(23)15-4-6-16(7-5-15)20-19(26)21(3)12-14(2)18(24)25/h4-7,13-14H,8-12H2,1-3H3,(H,20,26)(H,24,25). The largest absolute Gasteiger partial charge is 0.481 e. The Hall–Kier alpha value is -2.57. The van der Waals surface area contributed by atoms with E-state index in [1.165, 1.54) is 4.90 Å². The Morgan fingerprint density at radius 1 is 1.23 bits per heavy atom. The van der Waals surface area contributed by atoms with Crippen LogP contribution in [-0.4, -0.2) is 59.5 Å². The van der Waals surface area contributed by atoms with Crippen molar-refractivity contribution in [2.45, 2.75) is 26.7 Å². The van der Waals surface area contributed by atoms with Gasteiger partial charge in [0.15, 0.2) is 0 Å². The van der Waals surface area contributed by atoms with Crippen LogP contribution in [0.25, 0.3) is 0 Å². The third kappa shape index (κ3) is 5.21. The van der Waals surface area contributed by atoms with Crippen LogP contribution in [0.5, 0.6) is 0 Å². The molecule has 2 N–H and O–H groups in total. The molecular formula is C19H27N3O4. The quantitative estimate of drug-likeness (QED) is 0.844. The van der Waals surface area contributed by atoms with Gasteiger partial charge in [-0.05, 0) is 43.0 Å². The van der Waals surface area contributed by atoms with Crippen molar-refractivity contribution in [2.75, 3.05) is 32.0 Å². The van der Waals surface area contributed by atoms with E-state index in [9.17, 15) is 14.4 Å². The van der Waals surface area contributed by atoms with Gasteiger partial charge in [0.2, 0.25) is 0 Å². The van der Waals surface area contributed by atoms with Gasteiger partial charge in [0.25, 0.3) is 5.91 Å². The maximum Gasteiger partial charge on any atom is 0.321 e. The summed E-state index contributed by atoms with van der Waals surface area (Å²) in [6.07, 6.45) is 2.06. The minimum Gasteiger partial charge on any atom is -0.481 e. The molecule has 7 nitrogen and oxygen atoms in total. The number of nitrogens with zero attached hydrogens (tertiary/aromatic N) is 2. The van der Waals surface area contributed by atoms with Crippen LogP contribution in [0.15, 0.2) is 24.3 Å². The summed E-state index contributed by atoms with van der Waals surface area (Å²) >= 11 is 0. The number of aliphatic carboxylic acids is 1. The zero-order valence-corrected chi connectivity index (χ0v) is 15.6. The number of carbonyl (C=O) groups excluding carboxylic acids is 2. The van der Waals surface area contributed by atoms with Crippen LogP contribution < -0.4 is 5.32 Å². The van der Waals surface area contributed by atoms with E-state index in [1.54, 1.807) is 38.2 Å². The molecule has 0 spiro atoms. The highest BCUT2D eigenvalue weighted by Crippen LogP contribution is 2.19. The number of rotatable bonds is 5. The lowest BCUT2D eigenvalue weighted by molar-refractivity contribution is -0.141. The fourth-order valence-electron chi connectivity index (χ4n) is 2.88. The lowest BCUT2D eigenvalue weighted by atomic mass is 9.98. The van der Waals surface area contributed by atoms with Crippen molar-refractivity contribution in [3.05, 3.63) is 29.8 Å². The summed E-state index contributed by atoms with van der Waals surface area (Å²) in [4.78, 5) is 38.7. The predicted molar refractivity (Wildman–Crippen MR) is 99.2 cm³/mol. The molecule has 7 heteroatoms. The maximum absolute atomic E-state index is 12.5. The van der Waals surface area contributed by atoms with E-state index >= 15 is 0 Å². The van der Waals surface area contributed by atoms with Gasteiger partial charge in [0.05, 0.1) is 5.92 Å². The van der Waals surface area contributed by atoms with Crippen LogP contribution in [0.4, 0.5) is 10.5 Å². The molecule has 1 aromatic carbocycles. The van der Waals surface area contributed by atoms with E-state index in [0.29, 0.717) is 17.2 Å². The fourth-order valence-corrected chi connectivity index (χ4v) is 2.88. The number of urea groups is 1. The number of carboxylic acids is 1. The summed E-state index contributed by atoms with van der Waals surface area (Å²) in [5.41, 5.74) is 1.17. The summed E-state index contributed by atoms with van der Waals surface area (Å²) in [5, 5.41) is 11.6. The van der Waals surface area contributed by atoms with Crippen molar-refractivity contribution >= 4 is 23.6 Å². The molecule has 3 amide bonds. The molecule has 2 rings (SSSR count). The Labute approximate surface area is 154 Å². The third-order valence-corrected chi connectivity index (χ3v) is 4.77. The fraction of sp³-hybridized carbons (Fsp3) is 0.526. The SMILES string of the molecule is CC1CCN(C(=O)c2ccc(NC(=O)N(C)CC(C)C(=O)O)cc2)CC1. The normalized spacial score (nSPS) is 16.0. The molecule has 1 fully saturated rings. The van der Waals surface area contributed by atoms with Gasteiger partial charge in [-0.25, -0.2) is 4.79 Å². The van der Waals surface area contributed by atoms with Crippen molar-refractivity contribution in [3.8, 4) is 0 Å². The Morgan fingerprint density at radius 3 is 2.35 bits per heavy atom. The highest BCUT2D eigenvalue weighted by molar-refractivity contribution is 5.95. The molecule has 0 saturated carbocycles. The third-order valence-electron chi connectivity index (χ3n) is 4.77. The molecule has 0 radical (unpaired) electrons. The number of carboxylic acid groups (broad SMARTS) is 1. The number of hydrogen-bond donors (Lipinski definition) is 2. The number of piperidine rings is 1. The number of hydrogen-bond acceptors (Lipinski definition) is 3. The number of nitrogens with one attached hydrogen (secondary N) is 1. The first kappa shape index (κ1) is 19.8. The molecule has 1 aliphatic rings. The van der Waals surface area contributed by atoms with E-state index in [-0.39, 0.29) is 18.5 Å². The highest BCUT2D eigenvalue weighted by atomic mass is 16.4.